The van der Waals surface area contributed by atoms with Gasteiger partial charge in [0.25, 0.3) is 0 Å². The van der Waals surface area contributed by atoms with E-state index in [1.165, 1.54) is 0 Å². The van der Waals surface area contributed by atoms with E-state index in [1.807, 2.05) is 48.5 Å². The molecule has 0 heterocycles. The van der Waals surface area contributed by atoms with Gasteiger partial charge in [0.2, 0.25) is 0 Å². The Balaban J connectivity index is 1.79. The molecule has 120 valence electrons. The van der Waals surface area contributed by atoms with Crippen molar-refractivity contribution in [1.29, 1.82) is 0 Å². The molecule has 2 aliphatic carbocycles. The first-order chi connectivity index (χ1) is 11.7. The third-order valence-electron chi connectivity index (χ3n) is 5.23. The van der Waals surface area contributed by atoms with Gasteiger partial charge in [-0.15, -0.1) is 0 Å². The minimum atomic E-state index is -0.796. The SMILES string of the molecule is O=C1CCc2ccccc2C1C(=O)C1C(=O)CCc2ccccc21. The third kappa shape index (κ3) is 2.32. The minimum Gasteiger partial charge on any atom is -0.299 e. The summed E-state index contributed by atoms with van der Waals surface area (Å²) in [4.78, 5) is 38.3. The first-order valence-electron chi connectivity index (χ1n) is 8.41. The fourth-order valence-electron chi connectivity index (χ4n) is 4.03. The summed E-state index contributed by atoms with van der Waals surface area (Å²) in [6, 6.07) is 15.2. The predicted molar refractivity (Wildman–Crippen MR) is 90.0 cm³/mol. The van der Waals surface area contributed by atoms with Crippen molar-refractivity contribution in [2.75, 3.05) is 0 Å². The van der Waals surface area contributed by atoms with Gasteiger partial charge in [0.05, 0.1) is 0 Å². The number of fused-ring (bicyclic) bond motifs is 2. The van der Waals surface area contributed by atoms with E-state index in [0.717, 1.165) is 22.3 Å². The predicted octanol–water partition coefficient (Wildman–Crippen LogP) is 3.15. The highest BCUT2D eigenvalue weighted by Crippen LogP contribution is 2.37. The van der Waals surface area contributed by atoms with E-state index >= 15 is 0 Å². The molecule has 0 aliphatic heterocycles. The Bertz CT molecular complexity index is 780. The normalized spacial score (nSPS) is 22.7. The summed E-state index contributed by atoms with van der Waals surface area (Å²) < 4.78 is 0. The van der Waals surface area contributed by atoms with Crippen LogP contribution in [0.5, 0.6) is 0 Å². The maximum atomic E-state index is 13.3. The minimum absolute atomic E-state index is 0.0606. The number of carbonyl (C=O) groups excluding carboxylic acids is 3. The van der Waals surface area contributed by atoms with Crippen LogP contribution in [0.2, 0.25) is 0 Å². The van der Waals surface area contributed by atoms with Crippen molar-refractivity contribution in [3.05, 3.63) is 70.8 Å². The molecule has 3 nitrogen and oxygen atoms in total. The average Bonchev–Trinajstić information content (AvgIpc) is 2.61. The van der Waals surface area contributed by atoms with Crippen LogP contribution in [0.3, 0.4) is 0 Å². The molecule has 0 fully saturated rings. The quantitative estimate of drug-likeness (QED) is 0.799. The van der Waals surface area contributed by atoms with E-state index in [0.29, 0.717) is 25.7 Å². The number of rotatable bonds is 2. The van der Waals surface area contributed by atoms with Crippen molar-refractivity contribution in [2.24, 2.45) is 0 Å². The van der Waals surface area contributed by atoms with Gasteiger partial charge in [0, 0.05) is 12.8 Å². The van der Waals surface area contributed by atoms with Gasteiger partial charge >= 0.3 is 0 Å². The van der Waals surface area contributed by atoms with Gasteiger partial charge in [0.1, 0.15) is 23.4 Å². The first kappa shape index (κ1) is 15.0. The summed E-state index contributed by atoms with van der Waals surface area (Å²) in [6.07, 6.45) is 2.09. The van der Waals surface area contributed by atoms with Crippen LogP contribution in [0, 0.1) is 0 Å². The highest BCUT2D eigenvalue weighted by atomic mass is 16.2. The molecule has 2 aliphatic rings. The van der Waals surface area contributed by atoms with Crippen LogP contribution in [0.25, 0.3) is 0 Å². The third-order valence-corrected chi connectivity index (χ3v) is 5.23. The van der Waals surface area contributed by atoms with Crippen LogP contribution < -0.4 is 0 Å². The summed E-state index contributed by atoms with van der Waals surface area (Å²) in [6.45, 7) is 0. The Morgan fingerprint density at radius 3 is 1.54 bits per heavy atom. The Morgan fingerprint density at radius 1 is 0.667 bits per heavy atom. The number of carbonyl (C=O) groups is 3. The standard InChI is InChI=1S/C21H18O3/c22-17-11-9-13-5-1-3-7-15(13)19(17)21(24)20-16-8-4-2-6-14(16)10-12-18(20)23/h1-8,19-20H,9-12H2. The Hall–Kier alpha value is -2.55. The molecule has 2 unspecified atom stereocenters. The zero-order valence-electron chi connectivity index (χ0n) is 13.3. The van der Waals surface area contributed by atoms with E-state index in [-0.39, 0.29) is 17.3 Å². The Labute approximate surface area is 140 Å². The molecule has 2 aromatic rings. The number of benzene rings is 2. The van der Waals surface area contributed by atoms with Crippen LogP contribution >= 0.6 is 0 Å². The van der Waals surface area contributed by atoms with E-state index in [2.05, 4.69) is 0 Å². The second-order valence-corrected chi connectivity index (χ2v) is 6.60. The van der Waals surface area contributed by atoms with Gasteiger partial charge in [-0.3, -0.25) is 14.4 Å². The summed E-state index contributed by atoms with van der Waals surface area (Å²) >= 11 is 0. The Kier molecular flexibility index (Phi) is 3.64. The van der Waals surface area contributed by atoms with E-state index < -0.39 is 11.8 Å². The van der Waals surface area contributed by atoms with Crippen molar-refractivity contribution < 1.29 is 14.4 Å². The zero-order chi connectivity index (χ0) is 16.7. The number of hydrogen-bond acceptors (Lipinski definition) is 3. The zero-order valence-corrected chi connectivity index (χ0v) is 13.3. The van der Waals surface area contributed by atoms with Crippen molar-refractivity contribution in [3.8, 4) is 0 Å². The van der Waals surface area contributed by atoms with Crippen LogP contribution in [-0.2, 0) is 27.2 Å². The lowest BCUT2D eigenvalue weighted by Gasteiger charge is -2.29. The first-order valence-corrected chi connectivity index (χ1v) is 8.41. The van der Waals surface area contributed by atoms with Gasteiger partial charge in [-0.1, -0.05) is 48.5 Å². The van der Waals surface area contributed by atoms with Crippen LogP contribution in [0.4, 0.5) is 0 Å². The van der Waals surface area contributed by atoms with Crippen LogP contribution in [0.15, 0.2) is 48.5 Å². The molecule has 0 saturated heterocycles. The van der Waals surface area contributed by atoms with Gasteiger partial charge in [-0.25, -0.2) is 0 Å². The van der Waals surface area contributed by atoms with Crippen LogP contribution in [0.1, 0.15) is 46.9 Å². The van der Waals surface area contributed by atoms with Crippen LogP contribution in [-0.4, -0.2) is 17.3 Å². The molecule has 0 spiro atoms. The van der Waals surface area contributed by atoms with Crippen molar-refractivity contribution >= 4 is 17.3 Å². The molecule has 2 aromatic carbocycles. The molecule has 24 heavy (non-hydrogen) atoms. The molecule has 3 heteroatoms. The number of hydrogen-bond donors (Lipinski definition) is 0. The molecule has 2 atom stereocenters. The molecular formula is C21H18O3. The lowest BCUT2D eigenvalue weighted by molar-refractivity contribution is -0.134. The van der Waals surface area contributed by atoms with E-state index in [4.69, 9.17) is 0 Å². The largest absolute Gasteiger partial charge is 0.299 e. The summed E-state index contributed by atoms with van der Waals surface area (Å²) in [5.41, 5.74) is 3.67. The second kappa shape index (κ2) is 5.82. The summed E-state index contributed by atoms with van der Waals surface area (Å²) in [5.74, 6) is -1.96. The average molecular weight is 318 g/mol. The maximum absolute atomic E-state index is 13.3. The van der Waals surface area contributed by atoms with Gasteiger partial charge < -0.3 is 0 Å². The smallest absolute Gasteiger partial charge is 0.162 e. The Morgan fingerprint density at radius 2 is 1.08 bits per heavy atom. The highest BCUT2D eigenvalue weighted by Gasteiger charge is 2.42. The number of aryl methyl sites for hydroxylation is 2. The molecule has 0 bridgehead atoms. The lowest BCUT2D eigenvalue weighted by atomic mass is 9.71. The van der Waals surface area contributed by atoms with E-state index in [9.17, 15) is 14.4 Å². The molecule has 0 radical (unpaired) electrons. The molecule has 0 N–H and O–H groups in total. The fourth-order valence-corrected chi connectivity index (χ4v) is 4.03. The lowest BCUT2D eigenvalue weighted by Crippen LogP contribution is -2.36. The van der Waals surface area contributed by atoms with Gasteiger partial charge in [0.15, 0.2) is 5.78 Å². The topological polar surface area (TPSA) is 51.2 Å². The number of ketones is 3. The molecule has 0 amide bonds. The molecular weight excluding hydrogens is 300 g/mol. The monoisotopic (exact) mass is 318 g/mol. The van der Waals surface area contributed by atoms with Crippen molar-refractivity contribution in [1.82, 2.24) is 0 Å². The summed E-state index contributed by atoms with van der Waals surface area (Å²) in [7, 11) is 0. The molecule has 4 rings (SSSR count). The van der Waals surface area contributed by atoms with E-state index in [1.54, 1.807) is 0 Å². The molecule has 0 saturated carbocycles. The number of Topliss-reactive ketones (excluding diaryl/α,β-unsaturated/α-hetero) is 3. The highest BCUT2D eigenvalue weighted by molar-refractivity contribution is 6.19. The van der Waals surface area contributed by atoms with Crippen molar-refractivity contribution in [3.63, 3.8) is 0 Å². The maximum Gasteiger partial charge on any atom is 0.162 e. The summed E-state index contributed by atoms with van der Waals surface area (Å²) in [5, 5.41) is 0. The second-order valence-electron chi connectivity index (χ2n) is 6.60. The molecule has 0 aromatic heterocycles. The van der Waals surface area contributed by atoms with Gasteiger partial charge in [-0.2, -0.15) is 0 Å². The van der Waals surface area contributed by atoms with Crippen molar-refractivity contribution in [2.45, 2.75) is 37.5 Å². The van der Waals surface area contributed by atoms with Gasteiger partial charge in [-0.05, 0) is 35.1 Å². The fraction of sp³-hybridized carbons (Fsp3) is 0.286.